The number of nitrogens with one attached hydrogen (secondary N) is 3. The zero-order chi connectivity index (χ0) is 20.4. The van der Waals surface area contributed by atoms with Crippen LogP contribution in [0.1, 0.15) is 0 Å². The molecule has 0 aliphatic carbocycles. The molecular formula is C10H10N5O8PS2W-4. The molecule has 17 heteroatoms. The molecule has 1 aromatic heterocycles. The van der Waals surface area contributed by atoms with E-state index in [-0.39, 0.29) is 27.3 Å². The van der Waals surface area contributed by atoms with Crippen LogP contribution in [0.15, 0.2) is 14.6 Å². The van der Waals surface area contributed by atoms with Gasteiger partial charge in [-0.3, -0.25) is 9.78 Å². The third-order valence-corrected chi connectivity index (χ3v) is 4.88. The van der Waals surface area contributed by atoms with Crippen molar-refractivity contribution in [2.75, 3.05) is 23.0 Å². The Morgan fingerprint density at radius 1 is 1.30 bits per heavy atom. The molecule has 0 aromatic carbocycles. The van der Waals surface area contributed by atoms with Crippen LogP contribution < -0.4 is 31.7 Å². The average Bonchev–Trinajstić information content (AvgIpc) is 2.55. The average molecular weight is 607 g/mol. The normalized spacial score (nSPS) is 23.7. The van der Waals surface area contributed by atoms with Crippen molar-refractivity contribution in [2.24, 2.45) is 0 Å². The summed E-state index contributed by atoms with van der Waals surface area (Å²) in [7, 11) is -5.17. The minimum absolute atomic E-state index is 0.0982. The van der Waals surface area contributed by atoms with Gasteiger partial charge in [0.1, 0.15) is 5.69 Å². The minimum atomic E-state index is -5.17. The Bertz CT molecular complexity index is 900. The number of nitrogens with zero attached hydrogens (tertiary/aromatic N) is 1. The summed E-state index contributed by atoms with van der Waals surface area (Å²) in [4.78, 5) is 39.7. The van der Waals surface area contributed by atoms with Gasteiger partial charge in [-0.15, -0.1) is 0 Å². The molecule has 3 atom stereocenters. The summed E-state index contributed by atoms with van der Waals surface area (Å²) in [6.07, 6.45) is -1.82. The number of aromatic amines is 1. The molecule has 5 N–H and O–H groups in total. The predicted molar refractivity (Wildman–Crippen MR) is 85.7 cm³/mol. The number of anilines is 3. The van der Waals surface area contributed by atoms with Crippen molar-refractivity contribution in [3.8, 4) is 0 Å². The van der Waals surface area contributed by atoms with Gasteiger partial charge in [0, 0.05) is 0 Å². The Kier molecular flexibility index (Phi) is 7.27. The monoisotopic (exact) mass is 607 g/mol. The van der Waals surface area contributed by atoms with E-state index in [1.807, 2.05) is 0 Å². The van der Waals surface area contributed by atoms with Crippen molar-refractivity contribution in [3.63, 3.8) is 0 Å². The van der Waals surface area contributed by atoms with Crippen LogP contribution in [0.25, 0.3) is 0 Å². The third kappa shape index (κ3) is 5.42. The summed E-state index contributed by atoms with van der Waals surface area (Å²) in [5.74, 6) is 0.0463. The van der Waals surface area contributed by atoms with Gasteiger partial charge in [0.25, 0.3) is 5.56 Å². The first kappa shape index (κ1) is 22.1. The van der Waals surface area contributed by atoms with Gasteiger partial charge in [0.05, 0.1) is 26.6 Å². The molecule has 150 valence electrons. The van der Waals surface area contributed by atoms with Gasteiger partial charge < -0.3 is 65.2 Å². The number of aromatic nitrogens is 2. The van der Waals surface area contributed by atoms with Crippen LogP contribution in [0, 0.1) is 0 Å². The van der Waals surface area contributed by atoms with Crippen LogP contribution in [0.2, 0.25) is 0 Å². The second kappa shape index (κ2) is 8.88. The first-order valence-corrected chi connectivity index (χ1v) is 11.5. The number of nitrogen functional groups attached to an aromatic ring is 1. The van der Waals surface area contributed by atoms with E-state index >= 15 is 0 Å². The Labute approximate surface area is 170 Å². The summed E-state index contributed by atoms with van der Waals surface area (Å²) >= 11 is 8.13. The van der Waals surface area contributed by atoms with E-state index in [0.29, 0.717) is 0 Å². The maximum absolute atomic E-state index is 11.9. The van der Waals surface area contributed by atoms with Gasteiger partial charge in [0.2, 0.25) is 5.95 Å². The molecule has 0 amide bonds. The van der Waals surface area contributed by atoms with Crippen molar-refractivity contribution in [3.05, 3.63) is 20.2 Å². The molecule has 3 heterocycles. The number of nitrogens with two attached hydrogens (primary N) is 1. The summed E-state index contributed by atoms with van der Waals surface area (Å²) in [5.41, 5.74) is 5.10. The molecule has 0 saturated carbocycles. The topological polar surface area (TPSA) is 212 Å². The van der Waals surface area contributed by atoms with Crippen LogP contribution in [-0.4, -0.2) is 34.9 Å². The first-order valence-electron chi connectivity index (χ1n) is 6.82. The predicted octanol–water partition coefficient (Wildman–Crippen LogP) is -2.81. The standard InChI is InChI=1S/C10H14N5O6PS2.2O.W/c11-10-14-7-4(8(16)15-10)12-3-6(24)5(23)2(21-9(3)13-7)1-20-22(17,18)19;;;/h2-3,9,12,23-24H,1H2,(H2,17,18,19)(H4,11,13,14,15,16);;;/p-4/t2-,3+,9-;;;/m1.../s1. The Morgan fingerprint density at radius 3 is 2.52 bits per heavy atom. The molecule has 0 radical (unpaired) electrons. The van der Waals surface area contributed by atoms with Crippen LogP contribution in [-0.2, 0) is 64.4 Å². The number of fused-ring (bicyclic) bond motifs is 2. The van der Waals surface area contributed by atoms with E-state index in [4.69, 9.17) is 42.5 Å². The zero-order valence-electron chi connectivity index (χ0n) is 12.9. The molecule has 0 spiro atoms. The van der Waals surface area contributed by atoms with Gasteiger partial charge in [-0.05, 0) is 0 Å². The van der Waals surface area contributed by atoms with Crippen molar-refractivity contribution in [1.29, 1.82) is 0 Å². The second-order valence-electron chi connectivity index (χ2n) is 5.03. The van der Waals surface area contributed by atoms with Gasteiger partial charge in [-0.1, -0.05) is 0 Å². The number of phosphoric ester groups is 1. The van der Waals surface area contributed by atoms with E-state index < -0.39 is 56.9 Å². The van der Waals surface area contributed by atoms with Crippen LogP contribution in [0.4, 0.5) is 17.5 Å². The zero-order valence-corrected chi connectivity index (χ0v) is 18.4. The number of ether oxygens (including phenoxy) is 1. The van der Waals surface area contributed by atoms with Crippen LogP contribution >= 0.6 is 7.82 Å². The van der Waals surface area contributed by atoms with E-state index in [0.717, 1.165) is 0 Å². The van der Waals surface area contributed by atoms with Gasteiger partial charge in [0.15, 0.2) is 12.0 Å². The SMILES string of the molecule is Nc1nc2c(c(=O)[nH]1)N[C@H]1C([S-])=C([S-])[C@@H](COP(=O)([O-])[O-])O[C@H]1N2.[O]=[W]=[O]. The molecule has 13 nitrogen and oxygen atoms in total. The molecule has 2 aliphatic heterocycles. The third-order valence-electron chi connectivity index (χ3n) is 3.33. The Morgan fingerprint density at radius 2 is 1.93 bits per heavy atom. The van der Waals surface area contributed by atoms with Gasteiger partial charge >= 0.3 is 25.3 Å². The fourth-order valence-electron chi connectivity index (χ4n) is 2.32. The molecule has 0 saturated heterocycles. The molecular weight excluding hydrogens is 597 g/mol. The quantitative estimate of drug-likeness (QED) is 0.202. The van der Waals surface area contributed by atoms with E-state index in [1.54, 1.807) is 0 Å². The summed E-state index contributed by atoms with van der Waals surface area (Å²) in [6, 6.07) is -0.658. The summed E-state index contributed by atoms with van der Waals surface area (Å²) < 4.78 is 37.5. The number of phosphoric acid groups is 1. The van der Waals surface area contributed by atoms with Gasteiger partial charge in [-0.25, -0.2) is 0 Å². The number of rotatable bonds is 3. The van der Waals surface area contributed by atoms with Crippen molar-refractivity contribution < 1.29 is 48.9 Å². The Hall–Kier alpha value is -1.18. The molecule has 3 rings (SSSR count). The van der Waals surface area contributed by atoms with E-state index in [2.05, 4.69) is 25.1 Å². The van der Waals surface area contributed by atoms with Crippen molar-refractivity contribution in [1.82, 2.24) is 9.97 Å². The molecule has 0 fully saturated rings. The second-order valence-corrected chi connectivity index (χ2v) is 7.55. The van der Waals surface area contributed by atoms with Crippen molar-refractivity contribution in [2.45, 2.75) is 18.4 Å². The van der Waals surface area contributed by atoms with E-state index in [1.165, 1.54) is 0 Å². The van der Waals surface area contributed by atoms with Crippen LogP contribution in [0.3, 0.4) is 0 Å². The summed E-state index contributed by atoms with van der Waals surface area (Å²) in [6.45, 7) is -0.591. The Balaban J connectivity index is 0.000000817. The molecule has 27 heavy (non-hydrogen) atoms. The van der Waals surface area contributed by atoms with Crippen molar-refractivity contribution >= 4 is 50.5 Å². The number of hydrogen-bond donors (Lipinski definition) is 4. The van der Waals surface area contributed by atoms with Gasteiger partial charge in [-0.2, -0.15) is 14.8 Å². The molecule has 2 aliphatic rings. The summed E-state index contributed by atoms with van der Waals surface area (Å²) in [5, 5.41) is 5.71. The molecule has 1 aromatic rings. The fraction of sp³-hybridized carbons (Fsp3) is 0.400. The first-order chi connectivity index (χ1) is 12.6. The maximum atomic E-state index is 11.9. The van der Waals surface area contributed by atoms with E-state index in [9.17, 15) is 19.1 Å². The molecule has 0 unspecified atom stereocenters. The number of H-pyrrole nitrogens is 1. The number of hydrogen-bond acceptors (Lipinski definition) is 14. The fourth-order valence-corrected chi connectivity index (χ4v) is 3.20. The van der Waals surface area contributed by atoms with Crippen LogP contribution in [0.5, 0.6) is 0 Å². The molecule has 0 bridgehead atoms.